The highest BCUT2D eigenvalue weighted by Crippen LogP contribution is 2.20. The Labute approximate surface area is 132 Å². The summed E-state index contributed by atoms with van der Waals surface area (Å²) < 4.78 is 0. The lowest BCUT2D eigenvalue weighted by Gasteiger charge is -2.25. The first-order valence-electron chi connectivity index (χ1n) is 7.69. The van der Waals surface area contributed by atoms with Crippen LogP contribution in [0, 0.1) is 5.92 Å². The summed E-state index contributed by atoms with van der Waals surface area (Å²) in [4.78, 5) is 14.3. The predicted molar refractivity (Wildman–Crippen MR) is 90.3 cm³/mol. The summed E-state index contributed by atoms with van der Waals surface area (Å²) in [5.41, 5.74) is 8.47. The Balaban J connectivity index is 1.92. The fourth-order valence-corrected chi connectivity index (χ4v) is 2.52. The van der Waals surface area contributed by atoms with Crippen LogP contribution in [0.4, 0.5) is 0 Å². The maximum Gasteiger partial charge on any atom is 0.227 e. The van der Waals surface area contributed by atoms with Gasteiger partial charge in [0.1, 0.15) is 0 Å². The van der Waals surface area contributed by atoms with Gasteiger partial charge in [0, 0.05) is 19.6 Å². The van der Waals surface area contributed by atoms with Crippen molar-refractivity contribution in [2.45, 2.75) is 19.4 Å². The van der Waals surface area contributed by atoms with Gasteiger partial charge in [-0.2, -0.15) is 0 Å². The first kappa shape index (κ1) is 16.2. The lowest BCUT2D eigenvalue weighted by Crippen LogP contribution is -2.38. The number of benzene rings is 2. The van der Waals surface area contributed by atoms with Gasteiger partial charge < -0.3 is 10.6 Å². The number of nitrogens with zero attached hydrogens (tertiary/aromatic N) is 1. The SMILES string of the molecule is CC(C(=O)N(C)CCc1ccccc1)C(N)c1ccccc1. The van der Waals surface area contributed by atoms with Gasteiger partial charge in [0.2, 0.25) is 5.91 Å². The molecule has 0 spiro atoms. The van der Waals surface area contributed by atoms with E-state index in [0.29, 0.717) is 6.54 Å². The summed E-state index contributed by atoms with van der Waals surface area (Å²) in [6, 6.07) is 19.7. The van der Waals surface area contributed by atoms with Gasteiger partial charge in [-0.25, -0.2) is 0 Å². The van der Waals surface area contributed by atoms with Crippen molar-refractivity contribution in [1.29, 1.82) is 0 Å². The molecular formula is C19H24N2O. The molecule has 0 aliphatic rings. The second-order valence-corrected chi connectivity index (χ2v) is 5.72. The maximum absolute atomic E-state index is 12.5. The summed E-state index contributed by atoms with van der Waals surface area (Å²) in [5, 5.41) is 0. The summed E-state index contributed by atoms with van der Waals surface area (Å²) in [6.07, 6.45) is 0.858. The van der Waals surface area contributed by atoms with Crippen molar-refractivity contribution in [3.8, 4) is 0 Å². The van der Waals surface area contributed by atoms with Crippen LogP contribution in [0.15, 0.2) is 60.7 Å². The largest absolute Gasteiger partial charge is 0.345 e. The number of nitrogens with two attached hydrogens (primary N) is 1. The minimum atomic E-state index is -0.270. The Morgan fingerprint density at radius 1 is 1.05 bits per heavy atom. The molecule has 0 aliphatic carbocycles. The zero-order valence-electron chi connectivity index (χ0n) is 13.3. The minimum absolute atomic E-state index is 0.0901. The van der Waals surface area contributed by atoms with Gasteiger partial charge in [-0.1, -0.05) is 67.6 Å². The van der Waals surface area contributed by atoms with Crippen molar-refractivity contribution in [3.05, 3.63) is 71.8 Å². The summed E-state index contributed by atoms with van der Waals surface area (Å²) >= 11 is 0. The maximum atomic E-state index is 12.5. The first-order chi connectivity index (χ1) is 10.6. The van der Waals surface area contributed by atoms with Crippen molar-refractivity contribution < 1.29 is 4.79 Å². The molecule has 0 heterocycles. The average Bonchev–Trinajstić information content (AvgIpc) is 2.59. The molecule has 116 valence electrons. The highest BCUT2D eigenvalue weighted by Gasteiger charge is 2.24. The third kappa shape index (κ3) is 4.18. The number of rotatable bonds is 6. The normalized spacial score (nSPS) is 13.4. The van der Waals surface area contributed by atoms with E-state index in [-0.39, 0.29) is 17.9 Å². The monoisotopic (exact) mass is 296 g/mol. The zero-order chi connectivity index (χ0) is 15.9. The molecule has 0 aliphatic heterocycles. The van der Waals surface area contributed by atoms with Crippen molar-refractivity contribution >= 4 is 5.91 Å². The van der Waals surface area contributed by atoms with Crippen LogP contribution in [0.5, 0.6) is 0 Å². The van der Waals surface area contributed by atoms with Gasteiger partial charge in [-0.15, -0.1) is 0 Å². The molecule has 22 heavy (non-hydrogen) atoms. The minimum Gasteiger partial charge on any atom is -0.345 e. The number of amides is 1. The van der Waals surface area contributed by atoms with Crippen LogP contribution in [-0.2, 0) is 11.2 Å². The molecule has 2 atom stereocenters. The van der Waals surface area contributed by atoms with Gasteiger partial charge in [-0.3, -0.25) is 4.79 Å². The van der Waals surface area contributed by atoms with E-state index in [1.165, 1.54) is 5.56 Å². The Morgan fingerprint density at radius 3 is 2.18 bits per heavy atom. The fourth-order valence-electron chi connectivity index (χ4n) is 2.52. The molecule has 0 saturated carbocycles. The van der Waals surface area contributed by atoms with Crippen LogP contribution >= 0.6 is 0 Å². The summed E-state index contributed by atoms with van der Waals surface area (Å²) in [7, 11) is 1.85. The number of carbonyl (C=O) groups excluding carboxylic acids is 1. The van der Waals surface area contributed by atoms with Crippen molar-refractivity contribution in [2.75, 3.05) is 13.6 Å². The van der Waals surface area contributed by atoms with E-state index in [9.17, 15) is 4.79 Å². The van der Waals surface area contributed by atoms with Crippen LogP contribution in [0.25, 0.3) is 0 Å². The first-order valence-corrected chi connectivity index (χ1v) is 7.69. The predicted octanol–water partition coefficient (Wildman–Crippen LogP) is 3.02. The molecule has 2 unspecified atom stereocenters. The van der Waals surface area contributed by atoms with E-state index >= 15 is 0 Å². The fraction of sp³-hybridized carbons (Fsp3) is 0.316. The van der Waals surface area contributed by atoms with E-state index in [4.69, 9.17) is 5.73 Å². The van der Waals surface area contributed by atoms with Gasteiger partial charge >= 0.3 is 0 Å². The van der Waals surface area contributed by atoms with Gasteiger partial charge in [0.05, 0.1) is 5.92 Å². The Kier molecular flexibility index (Phi) is 5.73. The standard InChI is InChI=1S/C19H24N2O/c1-15(18(20)17-11-7-4-8-12-17)19(22)21(2)14-13-16-9-5-3-6-10-16/h3-12,15,18H,13-14,20H2,1-2H3. The molecule has 0 saturated heterocycles. The Hall–Kier alpha value is -2.13. The molecule has 0 fully saturated rings. The van der Waals surface area contributed by atoms with Crippen LogP contribution in [0.2, 0.25) is 0 Å². The van der Waals surface area contributed by atoms with Crippen molar-refractivity contribution in [3.63, 3.8) is 0 Å². The highest BCUT2D eigenvalue weighted by molar-refractivity contribution is 5.79. The van der Waals surface area contributed by atoms with Gasteiger partial charge in [-0.05, 0) is 17.5 Å². The van der Waals surface area contributed by atoms with Crippen LogP contribution in [0.1, 0.15) is 24.1 Å². The highest BCUT2D eigenvalue weighted by atomic mass is 16.2. The summed E-state index contributed by atoms with van der Waals surface area (Å²) in [5.74, 6) is -0.143. The molecule has 2 N–H and O–H groups in total. The molecule has 0 aromatic heterocycles. The second kappa shape index (κ2) is 7.76. The quantitative estimate of drug-likeness (QED) is 0.890. The van der Waals surface area contributed by atoms with Crippen LogP contribution in [-0.4, -0.2) is 24.4 Å². The van der Waals surface area contributed by atoms with E-state index in [0.717, 1.165) is 12.0 Å². The molecule has 2 rings (SSSR count). The molecule has 3 nitrogen and oxygen atoms in total. The number of hydrogen-bond acceptors (Lipinski definition) is 2. The number of hydrogen-bond donors (Lipinski definition) is 1. The number of carbonyl (C=O) groups is 1. The third-order valence-corrected chi connectivity index (χ3v) is 4.07. The Morgan fingerprint density at radius 2 is 1.59 bits per heavy atom. The lowest BCUT2D eigenvalue weighted by atomic mass is 9.94. The molecule has 0 bridgehead atoms. The smallest absolute Gasteiger partial charge is 0.227 e. The van der Waals surface area contributed by atoms with E-state index in [1.54, 1.807) is 4.90 Å². The average molecular weight is 296 g/mol. The molecule has 0 radical (unpaired) electrons. The topological polar surface area (TPSA) is 46.3 Å². The third-order valence-electron chi connectivity index (χ3n) is 4.07. The van der Waals surface area contributed by atoms with Crippen molar-refractivity contribution in [2.24, 2.45) is 11.7 Å². The van der Waals surface area contributed by atoms with E-state index in [1.807, 2.05) is 62.5 Å². The zero-order valence-corrected chi connectivity index (χ0v) is 13.3. The van der Waals surface area contributed by atoms with Crippen LogP contribution < -0.4 is 5.73 Å². The van der Waals surface area contributed by atoms with Crippen LogP contribution in [0.3, 0.4) is 0 Å². The summed E-state index contributed by atoms with van der Waals surface area (Å²) in [6.45, 7) is 2.60. The molecule has 2 aromatic carbocycles. The molecule has 1 amide bonds. The second-order valence-electron chi connectivity index (χ2n) is 5.72. The molecule has 3 heteroatoms. The van der Waals surface area contributed by atoms with Gasteiger partial charge in [0.25, 0.3) is 0 Å². The lowest BCUT2D eigenvalue weighted by molar-refractivity contribution is -0.134. The van der Waals surface area contributed by atoms with E-state index in [2.05, 4.69) is 12.1 Å². The Bertz CT molecular complexity index is 583. The van der Waals surface area contributed by atoms with E-state index < -0.39 is 0 Å². The van der Waals surface area contributed by atoms with Gasteiger partial charge in [0.15, 0.2) is 0 Å². The molecular weight excluding hydrogens is 272 g/mol. The van der Waals surface area contributed by atoms with Crippen molar-refractivity contribution in [1.82, 2.24) is 4.90 Å². The molecule has 2 aromatic rings. The number of likely N-dealkylation sites (N-methyl/N-ethyl adjacent to an activating group) is 1.